The van der Waals surface area contributed by atoms with E-state index in [1.807, 2.05) is 0 Å². The highest BCUT2D eigenvalue weighted by atomic mass is 32.1. The number of amides is 2. The highest BCUT2D eigenvalue weighted by Gasteiger charge is 2.44. The Balaban J connectivity index is 1.76. The molecule has 3 rings (SSSR count). The number of carbonyl (C=O) groups excluding carboxylic acids is 3. The summed E-state index contributed by atoms with van der Waals surface area (Å²) in [7, 11) is 1.55. The number of benzene rings is 1. The Kier molecular flexibility index (Phi) is 6.11. The van der Waals surface area contributed by atoms with Crippen molar-refractivity contribution in [2.75, 3.05) is 11.9 Å². The number of rotatable bonds is 7. The van der Waals surface area contributed by atoms with Crippen molar-refractivity contribution >= 4 is 40.6 Å². The van der Waals surface area contributed by atoms with Gasteiger partial charge in [0.05, 0.1) is 11.7 Å². The molecule has 1 aliphatic rings. The van der Waals surface area contributed by atoms with E-state index in [2.05, 4.69) is 15.1 Å². The van der Waals surface area contributed by atoms with E-state index in [9.17, 15) is 19.5 Å². The molecular formula is C19H21N5O5S. The van der Waals surface area contributed by atoms with Crippen LogP contribution in [0.25, 0.3) is 0 Å². The smallest absolute Gasteiger partial charge is 0.252 e. The number of hydrogen-bond acceptors (Lipinski definition) is 7. The lowest BCUT2D eigenvalue weighted by atomic mass is 10.1. The molecule has 2 aromatic rings. The van der Waals surface area contributed by atoms with Gasteiger partial charge in [0, 0.05) is 17.8 Å². The second kappa shape index (κ2) is 8.57. The molecule has 1 fully saturated rings. The van der Waals surface area contributed by atoms with E-state index in [1.165, 1.54) is 21.4 Å². The summed E-state index contributed by atoms with van der Waals surface area (Å²) in [5.41, 5.74) is 1.25. The third kappa shape index (κ3) is 4.15. The molecule has 158 valence electrons. The molecule has 0 aliphatic carbocycles. The van der Waals surface area contributed by atoms with Crippen LogP contribution in [0.2, 0.25) is 0 Å². The molecule has 0 radical (unpaired) electrons. The summed E-state index contributed by atoms with van der Waals surface area (Å²) in [6, 6.07) is 5.60. The van der Waals surface area contributed by atoms with E-state index >= 15 is 0 Å². The van der Waals surface area contributed by atoms with Crippen molar-refractivity contribution < 1.29 is 28.7 Å². The summed E-state index contributed by atoms with van der Waals surface area (Å²) in [5.74, 6) is -1.41. The molecule has 11 heteroatoms. The number of Topliss-reactive ketones (excluding diaryl/α,β-unsaturated/α-hetero) is 1. The average Bonchev–Trinajstić information content (AvgIpc) is 3.13. The molecule has 1 saturated heterocycles. The van der Waals surface area contributed by atoms with Crippen molar-refractivity contribution in [1.82, 2.24) is 15.1 Å². The minimum absolute atomic E-state index is 0.00877. The highest BCUT2D eigenvalue weighted by Crippen LogP contribution is 2.24. The van der Waals surface area contributed by atoms with Crippen molar-refractivity contribution in [1.29, 1.82) is 0 Å². The van der Waals surface area contributed by atoms with Crippen LogP contribution in [0.4, 0.5) is 5.69 Å². The van der Waals surface area contributed by atoms with Crippen LogP contribution in [-0.2, 0) is 23.2 Å². The fourth-order valence-corrected chi connectivity index (χ4v) is 3.61. The van der Waals surface area contributed by atoms with Crippen molar-refractivity contribution in [3.05, 3.63) is 35.5 Å². The minimum Gasteiger partial charge on any atom is -0.539 e. The van der Waals surface area contributed by atoms with E-state index in [-0.39, 0.29) is 35.5 Å². The van der Waals surface area contributed by atoms with Crippen LogP contribution < -0.4 is 15.1 Å². The van der Waals surface area contributed by atoms with Gasteiger partial charge in [-0.05, 0) is 50.3 Å². The molecule has 1 aromatic heterocycles. The van der Waals surface area contributed by atoms with Crippen LogP contribution in [0.3, 0.4) is 0 Å². The number of likely N-dealkylation sites (N-methyl/N-ethyl adjacent to an activating group) is 1. The maximum absolute atomic E-state index is 12.8. The standard InChI is InChI=1S/C19H21N5O5S/c1-4-23-17(27)14(24(19(23)30)10-15-18(28)29-21-22(15)3)9-16(26)20-13-7-5-12(6-8-13)11(2)25/h5-8,14H,4,9-10H2,1-3H3,(H-,20,21,25,26,28). The molecule has 1 aliphatic heterocycles. The van der Waals surface area contributed by atoms with Crippen LogP contribution in [0.15, 0.2) is 28.8 Å². The number of hydrogen-bond donors (Lipinski definition) is 1. The summed E-state index contributed by atoms with van der Waals surface area (Å²) < 4.78 is 5.90. The first-order valence-corrected chi connectivity index (χ1v) is 9.68. The van der Waals surface area contributed by atoms with Gasteiger partial charge in [0.2, 0.25) is 5.91 Å². The number of thiocarbonyl (C=S) groups is 1. The number of aromatic nitrogens is 2. The molecule has 10 nitrogen and oxygen atoms in total. The zero-order chi connectivity index (χ0) is 22.0. The van der Waals surface area contributed by atoms with Crippen molar-refractivity contribution in [2.45, 2.75) is 32.9 Å². The average molecular weight is 431 g/mol. The van der Waals surface area contributed by atoms with Gasteiger partial charge in [-0.15, -0.1) is 0 Å². The monoisotopic (exact) mass is 431 g/mol. The molecule has 2 amide bonds. The van der Waals surface area contributed by atoms with Crippen LogP contribution in [0, 0.1) is 0 Å². The van der Waals surface area contributed by atoms with E-state index in [0.717, 1.165) is 0 Å². The van der Waals surface area contributed by atoms with Gasteiger partial charge >= 0.3 is 0 Å². The zero-order valence-corrected chi connectivity index (χ0v) is 17.6. The maximum Gasteiger partial charge on any atom is 0.252 e. The molecule has 1 N–H and O–H groups in total. The third-order valence-electron chi connectivity index (χ3n) is 4.87. The zero-order valence-electron chi connectivity index (χ0n) is 16.7. The van der Waals surface area contributed by atoms with Gasteiger partial charge in [-0.25, -0.2) is 0 Å². The first kappa shape index (κ1) is 21.4. The topological polar surface area (TPSA) is 123 Å². The Bertz CT molecular complexity index is 984. The van der Waals surface area contributed by atoms with Gasteiger partial charge in [0.15, 0.2) is 23.9 Å². The van der Waals surface area contributed by atoms with Crippen molar-refractivity contribution in [3.63, 3.8) is 0 Å². The molecule has 0 spiro atoms. The molecule has 1 unspecified atom stereocenters. The van der Waals surface area contributed by atoms with E-state index in [4.69, 9.17) is 12.2 Å². The Labute approximate surface area is 178 Å². The number of nitrogens with zero attached hydrogens (tertiary/aromatic N) is 4. The van der Waals surface area contributed by atoms with Gasteiger partial charge in [-0.3, -0.25) is 19.3 Å². The molecule has 30 heavy (non-hydrogen) atoms. The predicted octanol–water partition coefficient (Wildman–Crippen LogP) is 0.122. The lowest BCUT2D eigenvalue weighted by Gasteiger charge is -2.22. The van der Waals surface area contributed by atoms with Crippen LogP contribution >= 0.6 is 12.2 Å². The summed E-state index contributed by atoms with van der Waals surface area (Å²) in [6.45, 7) is 3.57. The lowest BCUT2D eigenvalue weighted by molar-refractivity contribution is -0.746. The number of ketones is 1. The fraction of sp³-hybridized carbons (Fsp3) is 0.368. The molecule has 0 bridgehead atoms. The SMILES string of the molecule is CCN1C(=O)C(CC(=O)Nc2ccc(C(C)=O)cc2)N(Cc2c([O-])on[n+]2C)C1=S. The van der Waals surface area contributed by atoms with Gasteiger partial charge in [0.1, 0.15) is 12.6 Å². The fourth-order valence-electron chi connectivity index (χ4n) is 3.20. The summed E-state index contributed by atoms with van der Waals surface area (Å²) >= 11 is 5.40. The van der Waals surface area contributed by atoms with Crippen LogP contribution in [-0.4, -0.2) is 50.4 Å². The van der Waals surface area contributed by atoms with Crippen molar-refractivity contribution in [3.8, 4) is 5.95 Å². The number of aryl methyl sites for hydroxylation is 1. The highest BCUT2D eigenvalue weighted by molar-refractivity contribution is 7.80. The van der Waals surface area contributed by atoms with Crippen LogP contribution in [0.1, 0.15) is 36.3 Å². The quantitative estimate of drug-likeness (QED) is 0.373. The van der Waals surface area contributed by atoms with Gasteiger partial charge in [-0.2, -0.15) is 0 Å². The largest absolute Gasteiger partial charge is 0.539 e. The summed E-state index contributed by atoms with van der Waals surface area (Å²) in [4.78, 5) is 39.7. The van der Waals surface area contributed by atoms with E-state index in [1.54, 1.807) is 38.2 Å². The first-order chi connectivity index (χ1) is 14.2. The number of nitrogens with one attached hydrogen (secondary N) is 1. The molecule has 1 atom stereocenters. The summed E-state index contributed by atoms with van der Waals surface area (Å²) in [6.07, 6.45) is -0.160. The maximum atomic E-state index is 12.8. The summed E-state index contributed by atoms with van der Waals surface area (Å²) in [5, 5.41) is 18.4. The first-order valence-electron chi connectivity index (χ1n) is 9.27. The van der Waals surface area contributed by atoms with Gasteiger partial charge < -0.3 is 19.8 Å². The molecule has 0 saturated carbocycles. The van der Waals surface area contributed by atoms with Crippen LogP contribution in [0.5, 0.6) is 5.95 Å². The molecule has 2 heterocycles. The molecular weight excluding hydrogens is 410 g/mol. The third-order valence-corrected chi connectivity index (χ3v) is 5.32. The van der Waals surface area contributed by atoms with E-state index < -0.39 is 17.9 Å². The Morgan fingerprint density at radius 3 is 2.53 bits per heavy atom. The Morgan fingerprint density at radius 2 is 2.00 bits per heavy atom. The minimum atomic E-state index is -0.858. The number of anilines is 1. The second-order valence-corrected chi connectivity index (χ2v) is 7.19. The predicted molar refractivity (Wildman–Crippen MR) is 106 cm³/mol. The van der Waals surface area contributed by atoms with Gasteiger partial charge in [-0.1, -0.05) is 4.68 Å². The lowest BCUT2D eigenvalue weighted by Crippen LogP contribution is -2.42. The molecule has 1 aromatic carbocycles. The van der Waals surface area contributed by atoms with Crippen molar-refractivity contribution in [2.24, 2.45) is 7.05 Å². The van der Waals surface area contributed by atoms with Gasteiger partial charge in [0.25, 0.3) is 11.6 Å². The normalized spacial score (nSPS) is 16.3. The Morgan fingerprint density at radius 1 is 1.33 bits per heavy atom. The Hall–Kier alpha value is -3.34. The van der Waals surface area contributed by atoms with E-state index in [0.29, 0.717) is 17.8 Å². The number of carbonyl (C=O) groups is 3. The second-order valence-electron chi connectivity index (χ2n) is 6.83.